The van der Waals surface area contributed by atoms with Crippen molar-refractivity contribution in [1.29, 1.82) is 0 Å². The lowest BCUT2D eigenvalue weighted by Crippen LogP contribution is -2.45. The van der Waals surface area contributed by atoms with Gasteiger partial charge >= 0.3 is 12.1 Å². The largest absolute Gasteiger partial charge is 0.460 e. The summed E-state index contributed by atoms with van der Waals surface area (Å²) in [6.07, 6.45) is 4.53. The second kappa shape index (κ2) is 11.7. The van der Waals surface area contributed by atoms with Gasteiger partial charge in [-0.05, 0) is 90.3 Å². The van der Waals surface area contributed by atoms with Crippen LogP contribution in [0.1, 0.15) is 102 Å². The standard InChI is InChI=1S/C29H43N3O6/c1-28(2,3)37-24(33)14-13-23(25(30)34)32-17-20-16-18(11-12-21(20)26(32)35)15-19-9-7-8-10-22(19)31-27(36)38-29(4,5)6/h11-12,16,19,22-23H,7-10,13-15,17H2,1-6H3,(H2,30,34)(H,31,36)/t19-,22+,23+/m1/s1. The van der Waals surface area contributed by atoms with Crippen LogP contribution in [0.2, 0.25) is 0 Å². The van der Waals surface area contributed by atoms with Gasteiger partial charge in [0.2, 0.25) is 5.91 Å². The SMILES string of the molecule is CC(C)(C)OC(=O)CC[C@@H](C(N)=O)N1Cc2cc(C[C@H]3CCCC[C@@H]3NC(=O)OC(C)(C)C)ccc2C1=O. The summed E-state index contributed by atoms with van der Waals surface area (Å²) in [6.45, 7) is 11.1. The number of fused-ring (bicyclic) bond motifs is 1. The van der Waals surface area contributed by atoms with Gasteiger partial charge in [-0.25, -0.2) is 4.79 Å². The van der Waals surface area contributed by atoms with E-state index in [1.165, 1.54) is 4.90 Å². The zero-order valence-corrected chi connectivity index (χ0v) is 23.6. The number of amides is 3. The van der Waals surface area contributed by atoms with E-state index in [4.69, 9.17) is 15.2 Å². The smallest absolute Gasteiger partial charge is 0.407 e. The van der Waals surface area contributed by atoms with E-state index < -0.39 is 35.2 Å². The molecule has 3 rings (SSSR count). The van der Waals surface area contributed by atoms with Gasteiger partial charge in [-0.3, -0.25) is 14.4 Å². The van der Waals surface area contributed by atoms with E-state index in [2.05, 4.69) is 5.32 Å². The number of carbonyl (C=O) groups is 4. The molecule has 1 saturated carbocycles. The van der Waals surface area contributed by atoms with Crippen LogP contribution >= 0.6 is 0 Å². The molecule has 3 atom stereocenters. The third-order valence-corrected chi connectivity index (χ3v) is 6.86. The fourth-order valence-electron chi connectivity index (χ4n) is 5.28. The van der Waals surface area contributed by atoms with Crippen LogP contribution in [0.15, 0.2) is 18.2 Å². The maximum Gasteiger partial charge on any atom is 0.407 e. The number of nitrogens with one attached hydrogen (secondary N) is 1. The number of rotatable bonds is 8. The molecule has 0 radical (unpaired) electrons. The molecule has 0 saturated heterocycles. The number of ether oxygens (including phenoxy) is 2. The fraction of sp³-hybridized carbons (Fsp3) is 0.655. The number of hydrogen-bond donors (Lipinski definition) is 2. The number of primary amides is 1. The van der Waals surface area contributed by atoms with Gasteiger partial charge in [0, 0.05) is 24.6 Å². The molecule has 0 spiro atoms. The van der Waals surface area contributed by atoms with Gasteiger partial charge in [0.15, 0.2) is 0 Å². The Hall–Kier alpha value is -3.10. The van der Waals surface area contributed by atoms with Gasteiger partial charge in [0.05, 0.1) is 0 Å². The summed E-state index contributed by atoms with van der Waals surface area (Å²) in [4.78, 5) is 51.4. The predicted octanol–water partition coefficient (Wildman–Crippen LogP) is 4.24. The van der Waals surface area contributed by atoms with E-state index in [1.54, 1.807) is 26.8 Å². The molecule has 1 fully saturated rings. The number of hydrogen-bond acceptors (Lipinski definition) is 6. The third kappa shape index (κ3) is 8.20. The van der Waals surface area contributed by atoms with Crippen molar-refractivity contribution in [2.45, 2.75) is 116 Å². The number of nitrogens with zero attached hydrogens (tertiary/aromatic N) is 1. The molecule has 210 valence electrons. The number of esters is 1. The molecule has 1 aliphatic heterocycles. The van der Waals surface area contributed by atoms with Crippen LogP contribution in [0.25, 0.3) is 0 Å². The summed E-state index contributed by atoms with van der Waals surface area (Å²) in [5, 5.41) is 3.06. The second-order valence-corrected chi connectivity index (χ2v) is 12.5. The van der Waals surface area contributed by atoms with Gasteiger partial charge in [0.25, 0.3) is 5.91 Å². The van der Waals surface area contributed by atoms with Crippen LogP contribution in [0.4, 0.5) is 4.79 Å². The average Bonchev–Trinajstić information content (AvgIpc) is 3.08. The first-order valence-electron chi connectivity index (χ1n) is 13.6. The topological polar surface area (TPSA) is 128 Å². The molecule has 1 aromatic rings. The minimum absolute atomic E-state index is 0.00995. The van der Waals surface area contributed by atoms with E-state index in [1.807, 2.05) is 32.9 Å². The lowest BCUT2D eigenvalue weighted by Gasteiger charge is -2.33. The Bertz CT molecular complexity index is 1060. The van der Waals surface area contributed by atoms with E-state index in [0.717, 1.165) is 43.2 Å². The highest BCUT2D eigenvalue weighted by molar-refractivity contribution is 6.01. The summed E-state index contributed by atoms with van der Waals surface area (Å²) >= 11 is 0. The number of alkyl carbamates (subject to hydrolysis) is 1. The van der Waals surface area contributed by atoms with Gasteiger partial charge in [-0.15, -0.1) is 0 Å². The zero-order valence-electron chi connectivity index (χ0n) is 23.6. The zero-order chi connectivity index (χ0) is 28.3. The van der Waals surface area contributed by atoms with E-state index >= 15 is 0 Å². The summed E-state index contributed by atoms with van der Waals surface area (Å²) < 4.78 is 10.8. The molecule has 1 heterocycles. The summed E-state index contributed by atoms with van der Waals surface area (Å²) in [7, 11) is 0. The fourth-order valence-corrected chi connectivity index (χ4v) is 5.28. The Labute approximate surface area is 225 Å². The minimum Gasteiger partial charge on any atom is -0.460 e. The molecule has 0 bridgehead atoms. The Morgan fingerprint density at radius 1 is 1.05 bits per heavy atom. The highest BCUT2D eigenvalue weighted by Crippen LogP contribution is 2.31. The normalized spacial score (nSPS) is 20.5. The van der Waals surface area contributed by atoms with Crippen LogP contribution in [0.5, 0.6) is 0 Å². The molecule has 9 heteroatoms. The summed E-state index contributed by atoms with van der Waals surface area (Å²) in [5.74, 6) is -1.08. The molecule has 0 aromatic heterocycles. The van der Waals surface area contributed by atoms with Gasteiger partial charge in [-0.1, -0.05) is 25.0 Å². The van der Waals surface area contributed by atoms with Crippen molar-refractivity contribution in [3.63, 3.8) is 0 Å². The van der Waals surface area contributed by atoms with Gasteiger partial charge < -0.3 is 25.4 Å². The van der Waals surface area contributed by atoms with Crippen molar-refractivity contribution in [3.05, 3.63) is 34.9 Å². The lowest BCUT2D eigenvalue weighted by molar-refractivity contribution is -0.155. The average molecular weight is 530 g/mol. The van der Waals surface area contributed by atoms with Crippen LogP contribution in [-0.4, -0.2) is 52.1 Å². The van der Waals surface area contributed by atoms with Crippen LogP contribution < -0.4 is 11.1 Å². The quantitative estimate of drug-likeness (QED) is 0.485. The molecular weight excluding hydrogens is 486 g/mol. The van der Waals surface area contributed by atoms with Gasteiger partial charge in [-0.2, -0.15) is 0 Å². The molecule has 1 aliphatic carbocycles. The molecule has 3 amide bonds. The number of nitrogens with two attached hydrogens (primary N) is 1. The highest BCUT2D eigenvalue weighted by atomic mass is 16.6. The van der Waals surface area contributed by atoms with Crippen molar-refractivity contribution in [2.75, 3.05) is 0 Å². The van der Waals surface area contributed by atoms with Crippen molar-refractivity contribution in [3.8, 4) is 0 Å². The maximum absolute atomic E-state index is 13.1. The monoisotopic (exact) mass is 529 g/mol. The maximum atomic E-state index is 13.1. The summed E-state index contributed by atoms with van der Waals surface area (Å²) in [6, 6.07) is 4.89. The highest BCUT2D eigenvalue weighted by Gasteiger charge is 2.36. The molecule has 38 heavy (non-hydrogen) atoms. The predicted molar refractivity (Wildman–Crippen MR) is 143 cm³/mol. The Kier molecular flexibility index (Phi) is 9.10. The number of benzene rings is 1. The van der Waals surface area contributed by atoms with E-state index in [9.17, 15) is 19.2 Å². The molecular formula is C29H43N3O6. The van der Waals surface area contributed by atoms with Crippen molar-refractivity contribution >= 4 is 23.9 Å². The van der Waals surface area contributed by atoms with Crippen LogP contribution in [0.3, 0.4) is 0 Å². The van der Waals surface area contributed by atoms with Crippen molar-refractivity contribution < 1.29 is 28.7 Å². The first-order valence-corrected chi connectivity index (χ1v) is 13.6. The second-order valence-electron chi connectivity index (χ2n) is 12.5. The minimum atomic E-state index is -0.897. The van der Waals surface area contributed by atoms with Crippen molar-refractivity contribution in [1.82, 2.24) is 10.2 Å². The Morgan fingerprint density at radius 3 is 2.34 bits per heavy atom. The van der Waals surface area contributed by atoms with E-state index in [-0.39, 0.29) is 37.3 Å². The van der Waals surface area contributed by atoms with Crippen LogP contribution in [-0.2, 0) is 32.0 Å². The molecule has 2 aliphatic rings. The van der Waals surface area contributed by atoms with Crippen LogP contribution in [0, 0.1) is 5.92 Å². The Morgan fingerprint density at radius 2 is 1.71 bits per heavy atom. The number of carbonyl (C=O) groups excluding carboxylic acids is 4. The van der Waals surface area contributed by atoms with E-state index in [0.29, 0.717) is 5.56 Å². The summed E-state index contributed by atoms with van der Waals surface area (Å²) in [5.41, 5.74) is 6.92. The first kappa shape index (κ1) is 29.5. The molecule has 0 unspecified atom stereocenters. The Balaban J connectivity index is 1.67. The molecule has 1 aromatic carbocycles. The first-order chi connectivity index (χ1) is 17.6. The molecule has 9 nitrogen and oxygen atoms in total. The van der Waals surface area contributed by atoms with Gasteiger partial charge in [0.1, 0.15) is 17.2 Å². The van der Waals surface area contributed by atoms with Crippen molar-refractivity contribution in [2.24, 2.45) is 11.7 Å². The lowest BCUT2D eigenvalue weighted by atomic mass is 9.80. The molecule has 3 N–H and O–H groups in total. The third-order valence-electron chi connectivity index (χ3n) is 6.86.